The molecule has 0 bridgehead atoms. The fourth-order valence-corrected chi connectivity index (χ4v) is 1.98. The number of methoxy groups -OCH3 is 1. The SMILES string of the molecule is CO[C@]1(c2ccc(C=O)cc2)CNCCN1.Cl. The van der Waals surface area contributed by atoms with E-state index in [1.807, 2.05) is 12.1 Å². The van der Waals surface area contributed by atoms with Crippen molar-refractivity contribution in [1.82, 2.24) is 10.6 Å². The quantitative estimate of drug-likeness (QED) is 0.790. The molecule has 5 heteroatoms. The largest absolute Gasteiger partial charge is 0.358 e. The van der Waals surface area contributed by atoms with E-state index in [-0.39, 0.29) is 12.4 Å². The molecule has 2 rings (SSSR count). The lowest BCUT2D eigenvalue weighted by Gasteiger charge is -2.37. The van der Waals surface area contributed by atoms with Crippen LogP contribution in [0.3, 0.4) is 0 Å². The Labute approximate surface area is 107 Å². The second-order valence-corrected chi connectivity index (χ2v) is 3.87. The number of rotatable bonds is 3. The molecule has 0 aromatic heterocycles. The summed E-state index contributed by atoms with van der Waals surface area (Å²) in [6.07, 6.45) is 0.843. The second kappa shape index (κ2) is 6.12. The highest BCUT2D eigenvalue weighted by atomic mass is 35.5. The summed E-state index contributed by atoms with van der Waals surface area (Å²) < 4.78 is 5.58. The van der Waals surface area contributed by atoms with Crippen molar-refractivity contribution < 1.29 is 9.53 Å². The van der Waals surface area contributed by atoms with Crippen LogP contribution in [0.5, 0.6) is 0 Å². The van der Waals surface area contributed by atoms with Crippen LogP contribution in [0.1, 0.15) is 15.9 Å². The first-order chi connectivity index (χ1) is 7.80. The Morgan fingerprint density at radius 1 is 1.29 bits per heavy atom. The summed E-state index contributed by atoms with van der Waals surface area (Å²) in [6.45, 7) is 2.53. The van der Waals surface area contributed by atoms with Gasteiger partial charge in [0.05, 0.1) is 0 Å². The molecule has 0 saturated carbocycles. The molecule has 1 atom stereocenters. The molecule has 1 aromatic rings. The zero-order chi connectivity index (χ0) is 11.4. The molecule has 0 unspecified atom stereocenters. The lowest BCUT2D eigenvalue weighted by Crippen LogP contribution is -2.57. The molecule has 4 nitrogen and oxygen atoms in total. The Bertz CT molecular complexity index is 361. The molecule has 1 aliphatic heterocycles. The maximum Gasteiger partial charge on any atom is 0.157 e. The number of carbonyl (C=O) groups is 1. The van der Waals surface area contributed by atoms with Crippen LogP contribution >= 0.6 is 12.4 Å². The fraction of sp³-hybridized carbons (Fsp3) is 0.417. The molecule has 0 spiro atoms. The molecule has 1 heterocycles. The minimum absolute atomic E-state index is 0. The van der Waals surface area contributed by atoms with Crippen LogP contribution in [0.4, 0.5) is 0 Å². The van der Waals surface area contributed by atoms with Crippen LogP contribution in [0, 0.1) is 0 Å². The number of aldehydes is 1. The van der Waals surface area contributed by atoms with Crippen LogP contribution in [0.15, 0.2) is 24.3 Å². The van der Waals surface area contributed by atoms with Crippen molar-refractivity contribution in [2.24, 2.45) is 0 Å². The third-order valence-electron chi connectivity index (χ3n) is 2.95. The van der Waals surface area contributed by atoms with Crippen molar-refractivity contribution in [3.8, 4) is 0 Å². The van der Waals surface area contributed by atoms with Crippen molar-refractivity contribution >= 4 is 18.7 Å². The fourth-order valence-electron chi connectivity index (χ4n) is 1.98. The molecule has 1 fully saturated rings. The predicted molar refractivity (Wildman–Crippen MR) is 68.6 cm³/mol. The standard InChI is InChI=1S/C12H16N2O2.ClH/c1-16-12(9-13-6-7-14-12)11-4-2-10(8-15)3-5-11;/h2-5,8,13-14H,6-7,9H2,1H3;1H/t12-;/m0./s1. The van der Waals surface area contributed by atoms with Crippen molar-refractivity contribution in [1.29, 1.82) is 0 Å². The summed E-state index contributed by atoms with van der Waals surface area (Å²) in [7, 11) is 1.69. The van der Waals surface area contributed by atoms with E-state index in [1.165, 1.54) is 0 Å². The van der Waals surface area contributed by atoms with Crippen LogP contribution in [0.25, 0.3) is 0 Å². The summed E-state index contributed by atoms with van der Waals surface area (Å²) in [5.74, 6) is 0. The molecule has 94 valence electrons. The van der Waals surface area contributed by atoms with Crippen molar-refractivity contribution in [2.45, 2.75) is 5.72 Å². The first-order valence-corrected chi connectivity index (χ1v) is 5.37. The van der Waals surface area contributed by atoms with E-state index in [1.54, 1.807) is 19.2 Å². The summed E-state index contributed by atoms with van der Waals surface area (Å²) in [5.41, 5.74) is 1.24. The molecule has 17 heavy (non-hydrogen) atoms. The van der Waals surface area contributed by atoms with E-state index in [9.17, 15) is 4.79 Å². The number of nitrogens with one attached hydrogen (secondary N) is 2. The van der Waals surface area contributed by atoms with Gasteiger partial charge in [-0.1, -0.05) is 24.3 Å². The second-order valence-electron chi connectivity index (χ2n) is 3.87. The van der Waals surface area contributed by atoms with Crippen LogP contribution in [-0.2, 0) is 10.5 Å². The topological polar surface area (TPSA) is 50.4 Å². The van der Waals surface area contributed by atoms with Gasteiger partial charge in [-0.15, -0.1) is 12.4 Å². The summed E-state index contributed by atoms with van der Waals surface area (Å²) >= 11 is 0. The third-order valence-corrected chi connectivity index (χ3v) is 2.95. The Kier molecular flexibility index (Phi) is 5.08. The van der Waals surface area contributed by atoms with E-state index >= 15 is 0 Å². The van der Waals surface area contributed by atoms with Gasteiger partial charge in [-0.25, -0.2) is 0 Å². The zero-order valence-electron chi connectivity index (χ0n) is 9.73. The summed E-state index contributed by atoms with van der Waals surface area (Å²) in [6, 6.07) is 7.46. The molecule has 2 N–H and O–H groups in total. The van der Waals surface area contributed by atoms with Gasteiger partial charge in [-0.3, -0.25) is 10.1 Å². The molecule has 0 amide bonds. The highest BCUT2D eigenvalue weighted by Crippen LogP contribution is 2.22. The number of hydrogen-bond acceptors (Lipinski definition) is 4. The number of halogens is 1. The van der Waals surface area contributed by atoms with Gasteiger partial charge in [0.15, 0.2) is 5.72 Å². The summed E-state index contributed by atoms with van der Waals surface area (Å²) in [4.78, 5) is 10.6. The van der Waals surface area contributed by atoms with Crippen molar-refractivity contribution in [2.75, 3.05) is 26.7 Å². The molecule has 0 aliphatic carbocycles. The van der Waals surface area contributed by atoms with Crippen LogP contribution in [-0.4, -0.2) is 33.0 Å². The Morgan fingerprint density at radius 2 is 2.00 bits per heavy atom. The maximum absolute atomic E-state index is 10.6. The Hall–Kier alpha value is -0.940. The van der Waals surface area contributed by atoms with E-state index in [0.717, 1.165) is 31.5 Å². The highest BCUT2D eigenvalue weighted by molar-refractivity contribution is 5.85. The third kappa shape index (κ3) is 2.84. The molecule has 0 radical (unpaired) electrons. The van der Waals surface area contributed by atoms with Crippen molar-refractivity contribution in [3.05, 3.63) is 35.4 Å². The number of hydrogen-bond donors (Lipinski definition) is 2. The lowest BCUT2D eigenvalue weighted by atomic mass is 9.99. The van der Waals surface area contributed by atoms with Gasteiger partial charge in [-0.2, -0.15) is 0 Å². The zero-order valence-corrected chi connectivity index (χ0v) is 10.5. The monoisotopic (exact) mass is 256 g/mol. The van der Waals surface area contributed by atoms with E-state index in [2.05, 4.69) is 10.6 Å². The van der Waals surface area contributed by atoms with Gasteiger partial charge < -0.3 is 10.1 Å². The number of piperazine rings is 1. The van der Waals surface area contributed by atoms with Gasteiger partial charge in [0.25, 0.3) is 0 Å². The first-order valence-electron chi connectivity index (χ1n) is 5.37. The molecule has 1 saturated heterocycles. The van der Waals surface area contributed by atoms with E-state index in [4.69, 9.17) is 4.74 Å². The lowest BCUT2D eigenvalue weighted by molar-refractivity contribution is -0.0536. The van der Waals surface area contributed by atoms with Gasteiger partial charge >= 0.3 is 0 Å². The van der Waals surface area contributed by atoms with Crippen LogP contribution < -0.4 is 10.6 Å². The Morgan fingerprint density at radius 3 is 2.47 bits per heavy atom. The molecular weight excluding hydrogens is 240 g/mol. The summed E-state index contributed by atoms with van der Waals surface area (Å²) in [5, 5.41) is 6.66. The number of carbonyl (C=O) groups excluding carboxylic acids is 1. The smallest absolute Gasteiger partial charge is 0.157 e. The van der Waals surface area contributed by atoms with Gasteiger partial charge in [-0.05, 0) is 5.56 Å². The normalized spacial score (nSPS) is 23.8. The van der Waals surface area contributed by atoms with Crippen LogP contribution in [0.2, 0.25) is 0 Å². The maximum atomic E-state index is 10.6. The predicted octanol–water partition coefficient (Wildman–Crippen LogP) is 0.913. The average molecular weight is 257 g/mol. The molecule has 1 aliphatic rings. The number of ether oxygens (including phenoxy) is 1. The Balaban J connectivity index is 0.00000144. The average Bonchev–Trinajstić information content (AvgIpc) is 2.39. The van der Waals surface area contributed by atoms with Crippen molar-refractivity contribution in [3.63, 3.8) is 0 Å². The van der Waals surface area contributed by atoms with Gasteiger partial charge in [0.1, 0.15) is 6.29 Å². The first kappa shape index (κ1) is 14.1. The molecule has 1 aromatic carbocycles. The highest BCUT2D eigenvalue weighted by Gasteiger charge is 2.33. The van der Waals surface area contributed by atoms with E-state index < -0.39 is 5.72 Å². The van der Waals surface area contributed by atoms with E-state index in [0.29, 0.717) is 5.56 Å². The van der Waals surface area contributed by atoms with Gasteiger partial charge in [0, 0.05) is 32.3 Å². The number of benzene rings is 1. The van der Waals surface area contributed by atoms with Gasteiger partial charge in [0.2, 0.25) is 0 Å². The minimum Gasteiger partial charge on any atom is -0.358 e. The molecular formula is C12H17ClN2O2. The minimum atomic E-state index is -0.473.